The summed E-state index contributed by atoms with van der Waals surface area (Å²) in [5.41, 5.74) is 5.67. The molecule has 0 radical (unpaired) electrons. The molecule has 1 aromatic carbocycles. The minimum atomic E-state index is 0.264. The second-order valence-electron chi connectivity index (χ2n) is 5.79. The van der Waals surface area contributed by atoms with Gasteiger partial charge >= 0.3 is 0 Å². The molecular weight excluding hydrogens is 300 g/mol. The summed E-state index contributed by atoms with van der Waals surface area (Å²) >= 11 is 3.70. The first-order chi connectivity index (χ1) is 9.17. The van der Waals surface area contributed by atoms with Crippen LogP contribution in [0.5, 0.6) is 0 Å². The van der Waals surface area contributed by atoms with E-state index >= 15 is 0 Å². The van der Waals surface area contributed by atoms with E-state index in [1.165, 1.54) is 47.7 Å². The van der Waals surface area contributed by atoms with Crippen molar-refractivity contribution in [3.63, 3.8) is 0 Å². The van der Waals surface area contributed by atoms with Crippen molar-refractivity contribution in [2.24, 2.45) is 17.7 Å². The van der Waals surface area contributed by atoms with Gasteiger partial charge in [0.05, 0.1) is 6.04 Å². The lowest BCUT2D eigenvalue weighted by Gasteiger charge is -2.37. The molecule has 0 saturated heterocycles. The highest BCUT2D eigenvalue weighted by atomic mass is 79.9. The summed E-state index contributed by atoms with van der Waals surface area (Å²) in [6.45, 7) is 4.43. The zero-order valence-corrected chi connectivity index (χ0v) is 13.5. The predicted molar refractivity (Wildman–Crippen MR) is 84.7 cm³/mol. The Morgan fingerprint density at radius 3 is 2.74 bits per heavy atom. The molecule has 1 aliphatic rings. The van der Waals surface area contributed by atoms with Crippen LogP contribution >= 0.6 is 15.9 Å². The number of nitrogens with one attached hydrogen (secondary N) is 1. The predicted octanol–water partition coefficient (Wildman–Crippen LogP) is 4.48. The summed E-state index contributed by atoms with van der Waals surface area (Å²) < 4.78 is 1.18. The van der Waals surface area contributed by atoms with Crippen LogP contribution in [-0.2, 0) is 0 Å². The molecule has 2 rings (SSSR count). The molecule has 1 saturated carbocycles. The zero-order valence-electron chi connectivity index (χ0n) is 12.0. The quantitative estimate of drug-likeness (QED) is 0.633. The highest BCUT2D eigenvalue weighted by Gasteiger charge is 2.31. The van der Waals surface area contributed by atoms with Crippen LogP contribution in [0.15, 0.2) is 22.7 Å². The minimum Gasteiger partial charge on any atom is -0.271 e. The third-order valence-corrected chi connectivity index (χ3v) is 5.28. The van der Waals surface area contributed by atoms with E-state index in [2.05, 4.69) is 53.4 Å². The first-order valence-electron chi connectivity index (χ1n) is 7.39. The van der Waals surface area contributed by atoms with Gasteiger partial charge in [0, 0.05) is 4.47 Å². The van der Waals surface area contributed by atoms with Gasteiger partial charge in [-0.25, -0.2) is 0 Å². The summed E-state index contributed by atoms with van der Waals surface area (Å²) in [5, 5.41) is 0. The Labute approximate surface area is 125 Å². The Morgan fingerprint density at radius 2 is 2.11 bits per heavy atom. The molecule has 1 aliphatic carbocycles. The average Bonchev–Trinajstić information content (AvgIpc) is 2.42. The maximum absolute atomic E-state index is 5.89. The van der Waals surface area contributed by atoms with E-state index in [9.17, 15) is 0 Å². The van der Waals surface area contributed by atoms with Crippen molar-refractivity contribution in [1.29, 1.82) is 0 Å². The number of hydrogen-bond acceptors (Lipinski definition) is 2. The van der Waals surface area contributed by atoms with Crippen LogP contribution < -0.4 is 11.3 Å². The van der Waals surface area contributed by atoms with Crippen molar-refractivity contribution in [2.75, 3.05) is 0 Å². The van der Waals surface area contributed by atoms with Crippen LogP contribution in [0, 0.1) is 18.8 Å². The SMILES string of the molecule is CCC1CCCCC1C(NN)c1ccc(C)cc1Br. The molecule has 106 valence electrons. The summed E-state index contributed by atoms with van der Waals surface area (Å²) in [4.78, 5) is 0. The number of nitrogens with two attached hydrogens (primary N) is 1. The number of benzene rings is 1. The summed E-state index contributed by atoms with van der Waals surface area (Å²) in [6, 6.07) is 6.84. The molecule has 3 heteroatoms. The van der Waals surface area contributed by atoms with E-state index in [0.29, 0.717) is 5.92 Å². The van der Waals surface area contributed by atoms with Crippen molar-refractivity contribution in [3.8, 4) is 0 Å². The van der Waals surface area contributed by atoms with Crippen molar-refractivity contribution < 1.29 is 0 Å². The molecule has 1 fully saturated rings. The largest absolute Gasteiger partial charge is 0.271 e. The Hall–Kier alpha value is -0.380. The second kappa shape index (κ2) is 6.87. The molecule has 0 aromatic heterocycles. The molecule has 0 amide bonds. The summed E-state index contributed by atoms with van der Waals surface area (Å²) in [5.74, 6) is 7.34. The highest BCUT2D eigenvalue weighted by Crippen LogP contribution is 2.41. The summed E-state index contributed by atoms with van der Waals surface area (Å²) in [7, 11) is 0. The van der Waals surface area contributed by atoms with Gasteiger partial charge in [0.25, 0.3) is 0 Å². The molecule has 0 heterocycles. The van der Waals surface area contributed by atoms with E-state index in [4.69, 9.17) is 5.84 Å². The van der Waals surface area contributed by atoms with E-state index in [0.717, 1.165) is 5.92 Å². The average molecular weight is 325 g/mol. The normalized spacial score (nSPS) is 25.3. The van der Waals surface area contributed by atoms with Crippen molar-refractivity contribution in [1.82, 2.24) is 5.43 Å². The topological polar surface area (TPSA) is 38.0 Å². The van der Waals surface area contributed by atoms with Gasteiger partial charge in [-0.3, -0.25) is 11.3 Å². The minimum absolute atomic E-state index is 0.264. The maximum atomic E-state index is 5.89. The third kappa shape index (κ3) is 3.39. The van der Waals surface area contributed by atoms with Gasteiger partial charge in [0.2, 0.25) is 0 Å². The Balaban J connectivity index is 2.27. The van der Waals surface area contributed by atoms with Crippen molar-refractivity contribution in [2.45, 2.75) is 52.0 Å². The fraction of sp³-hybridized carbons (Fsp3) is 0.625. The van der Waals surface area contributed by atoms with Crippen LogP contribution in [0.25, 0.3) is 0 Å². The number of halogens is 1. The van der Waals surface area contributed by atoms with Gasteiger partial charge in [0.15, 0.2) is 0 Å². The molecule has 19 heavy (non-hydrogen) atoms. The maximum Gasteiger partial charge on any atom is 0.0501 e. The first-order valence-corrected chi connectivity index (χ1v) is 8.18. The molecule has 0 spiro atoms. The van der Waals surface area contributed by atoms with Crippen molar-refractivity contribution >= 4 is 15.9 Å². The van der Waals surface area contributed by atoms with Crippen LogP contribution in [-0.4, -0.2) is 0 Å². The first kappa shape index (κ1) is 15.0. The number of hydrogen-bond donors (Lipinski definition) is 2. The smallest absolute Gasteiger partial charge is 0.0501 e. The monoisotopic (exact) mass is 324 g/mol. The van der Waals surface area contributed by atoms with E-state index in [-0.39, 0.29) is 6.04 Å². The lowest BCUT2D eigenvalue weighted by atomic mass is 9.72. The van der Waals surface area contributed by atoms with Crippen LogP contribution in [0.1, 0.15) is 56.2 Å². The van der Waals surface area contributed by atoms with Gasteiger partial charge in [-0.05, 0) is 42.4 Å². The van der Waals surface area contributed by atoms with Gasteiger partial charge in [-0.2, -0.15) is 0 Å². The Morgan fingerprint density at radius 1 is 1.37 bits per heavy atom. The number of hydrazine groups is 1. The van der Waals surface area contributed by atoms with Crippen molar-refractivity contribution in [3.05, 3.63) is 33.8 Å². The van der Waals surface area contributed by atoms with Gasteiger partial charge in [0.1, 0.15) is 0 Å². The summed E-state index contributed by atoms with van der Waals surface area (Å²) in [6.07, 6.45) is 6.60. The van der Waals surface area contributed by atoms with Gasteiger partial charge in [-0.1, -0.05) is 60.7 Å². The van der Waals surface area contributed by atoms with Crippen LogP contribution in [0.3, 0.4) is 0 Å². The molecule has 3 N–H and O–H groups in total. The molecule has 1 aromatic rings. The fourth-order valence-corrected chi connectivity index (χ4v) is 4.25. The van der Waals surface area contributed by atoms with Crippen LogP contribution in [0.2, 0.25) is 0 Å². The van der Waals surface area contributed by atoms with Crippen LogP contribution in [0.4, 0.5) is 0 Å². The Bertz CT molecular complexity index is 419. The molecule has 0 aliphatic heterocycles. The molecular formula is C16H25BrN2. The lowest BCUT2D eigenvalue weighted by Crippen LogP contribution is -2.38. The van der Waals surface area contributed by atoms with E-state index in [1.807, 2.05) is 0 Å². The third-order valence-electron chi connectivity index (χ3n) is 4.59. The number of rotatable bonds is 4. The van der Waals surface area contributed by atoms with E-state index in [1.54, 1.807) is 0 Å². The van der Waals surface area contributed by atoms with Gasteiger partial charge < -0.3 is 0 Å². The Kier molecular flexibility index (Phi) is 5.43. The molecule has 2 nitrogen and oxygen atoms in total. The molecule has 0 bridgehead atoms. The number of aryl methyl sites for hydroxylation is 1. The molecule has 3 atom stereocenters. The molecule has 3 unspecified atom stereocenters. The fourth-order valence-electron chi connectivity index (χ4n) is 3.51. The van der Waals surface area contributed by atoms with E-state index < -0.39 is 0 Å². The standard InChI is InChI=1S/C16H25BrN2/c1-3-12-6-4-5-7-13(12)16(19-18)14-9-8-11(2)10-15(14)17/h8-10,12-13,16,19H,3-7,18H2,1-2H3. The zero-order chi connectivity index (χ0) is 13.8. The lowest BCUT2D eigenvalue weighted by molar-refractivity contribution is 0.175. The highest BCUT2D eigenvalue weighted by molar-refractivity contribution is 9.10. The second-order valence-corrected chi connectivity index (χ2v) is 6.64. The van der Waals surface area contributed by atoms with Gasteiger partial charge in [-0.15, -0.1) is 0 Å².